The molecule has 0 radical (unpaired) electrons. The number of rotatable bonds is 3. The zero-order chi connectivity index (χ0) is 13.2. The molecule has 0 saturated heterocycles. The lowest BCUT2D eigenvalue weighted by molar-refractivity contribution is -0.186. The number of halogens is 3. The van der Waals surface area contributed by atoms with E-state index in [0.717, 1.165) is 11.3 Å². The highest BCUT2D eigenvalue weighted by atomic mass is 32.1. The summed E-state index contributed by atoms with van der Waals surface area (Å²) in [5.41, 5.74) is 0. The molecule has 0 aromatic carbocycles. The van der Waals surface area contributed by atoms with Crippen LogP contribution in [0.1, 0.15) is 36.6 Å². The van der Waals surface area contributed by atoms with Gasteiger partial charge in [0.15, 0.2) is 0 Å². The zero-order valence-corrected chi connectivity index (χ0v) is 11.2. The summed E-state index contributed by atoms with van der Waals surface area (Å²) in [5, 5.41) is 5.17. The van der Waals surface area contributed by atoms with Gasteiger partial charge >= 0.3 is 6.18 Å². The summed E-state index contributed by atoms with van der Waals surface area (Å²) < 4.78 is 38.4. The Balaban J connectivity index is 2.08. The first-order chi connectivity index (χ1) is 8.52. The average Bonchev–Trinajstić information content (AvgIpc) is 2.83. The molecule has 1 aliphatic rings. The Labute approximate surface area is 109 Å². The van der Waals surface area contributed by atoms with Crippen molar-refractivity contribution in [2.24, 2.45) is 11.8 Å². The van der Waals surface area contributed by atoms with Crippen molar-refractivity contribution in [3.8, 4) is 0 Å². The predicted octanol–water partition coefficient (Wildman–Crippen LogP) is 4.38. The summed E-state index contributed by atoms with van der Waals surface area (Å²) in [4.78, 5) is 1.14. The van der Waals surface area contributed by atoms with Gasteiger partial charge in [-0.1, -0.05) is 12.5 Å². The van der Waals surface area contributed by atoms with Crippen molar-refractivity contribution in [1.29, 1.82) is 0 Å². The Morgan fingerprint density at radius 1 is 1.39 bits per heavy atom. The lowest BCUT2D eigenvalue weighted by Crippen LogP contribution is -2.34. The first-order valence-corrected chi connectivity index (χ1v) is 7.17. The first-order valence-electron chi connectivity index (χ1n) is 6.29. The van der Waals surface area contributed by atoms with Gasteiger partial charge in [0.25, 0.3) is 0 Å². The topological polar surface area (TPSA) is 12.0 Å². The van der Waals surface area contributed by atoms with Crippen LogP contribution in [0.3, 0.4) is 0 Å². The van der Waals surface area contributed by atoms with Crippen LogP contribution in [0, 0.1) is 11.8 Å². The van der Waals surface area contributed by atoms with Crippen molar-refractivity contribution in [3.05, 3.63) is 22.4 Å². The average molecular weight is 277 g/mol. The molecular weight excluding hydrogens is 259 g/mol. The van der Waals surface area contributed by atoms with Crippen LogP contribution < -0.4 is 5.32 Å². The normalized spacial score (nSPS) is 27.1. The smallest absolute Gasteiger partial charge is 0.312 e. The molecule has 18 heavy (non-hydrogen) atoms. The van der Waals surface area contributed by atoms with Gasteiger partial charge in [0.1, 0.15) is 0 Å². The second-order valence-corrected chi connectivity index (χ2v) is 5.93. The minimum atomic E-state index is -4.04. The quantitative estimate of drug-likeness (QED) is 0.864. The largest absolute Gasteiger partial charge is 0.391 e. The molecule has 3 atom stereocenters. The summed E-state index contributed by atoms with van der Waals surface area (Å²) in [5.74, 6) is -1.03. The van der Waals surface area contributed by atoms with Gasteiger partial charge in [-0.15, -0.1) is 11.3 Å². The van der Waals surface area contributed by atoms with E-state index in [1.165, 1.54) is 0 Å². The van der Waals surface area contributed by atoms with E-state index in [4.69, 9.17) is 0 Å². The van der Waals surface area contributed by atoms with Crippen molar-refractivity contribution in [2.45, 2.75) is 37.9 Å². The minimum absolute atomic E-state index is 0.0650. The Kier molecular flexibility index (Phi) is 4.33. The van der Waals surface area contributed by atoms with E-state index in [1.807, 2.05) is 24.6 Å². The molecule has 1 fully saturated rings. The molecule has 0 bridgehead atoms. The Morgan fingerprint density at radius 2 is 2.17 bits per heavy atom. The van der Waals surface area contributed by atoms with Crippen LogP contribution in [0.2, 0.25) is 0 Å². The van der Waals surface area contributed by atoms with Crippen molar-refractivity contribution >= 4 is 11.3 Å². The molecule has 102 valence electrons. The minimum Gasteiger partial charge on any atom is -0.312 e. The van der Waals surface area contributed by atoms with Crippen LogP contribution >= 0.6 is 11.3 Å². The van der Waals surface area contributed by atoms with E-state index in [1.54, 1.807) is 11.3 Å². The number of hydrogen-bond donors (Lipinski definition) is 1. The van der Waals surface area contributed by atoms with Crippen molar-refractivity contribution in [3.63, 3.8) is 0 Å². The van der Waals surface area contributed by atoms with E-state index < -0.39 is 12.1 Å². The molecule has 3 unspecified atom stereocenters. The molecule has 1 aromatic heterocycles. The van der Waals surface area contributed by atoms with Crippen molar-refractivity contribution in [1.82, 2.24) is 5.32 Å². The molecule has 0 spiro atoms. The molecule has 1 N–H and O–H groups in total. The van der Waals surface area contributed by atoms with Crippen LogP contribution in [0.15, 0.2) is 17.5 Å². The maximum atomic E-state index is 12.8. The lowest BCUT2D eigenvalue weighted by Gasteiger charge is -2.34. The maximum Gasteiger partial charge on any atom is 0.391 e. The lowest BCUT2D eigenvalue weighted by atomic mass is 9.77. The van der Waals surface area contributed by atoms with Gasteiger partial charge in [0, 0.05) is 10.9 Å². The van der Waals surface area contributed by atoms with Crippen LogP contribution in [0.5, 0.6) is 0 Å². The monoisotopic (exact) mass is 277 g/mol. The molecule has 2 rings (SSSR count). The molecule has 1 heterocycles. The predicted molar refractivity (Wildman–Crippen MR) is 67.6 cm³/mol. The summed E-state index contributed by atoms with van der Waals surface area (Å²) >= 11 is 1.61. The summed E-state index contributed by atoms with van der Waals surface area (Å²) in [6.07, 6.45) is -1.92. The number of alkyl halides is 3. The Morgan fingerprint density at radius 3 is 2.72 bits per heavy atom. The van der Waals surface area contributed by atoms with E-state index in [2.05, 4.69) is 5.32 Å². The van der Waals surface area contributed by atoms with Gasteiger partial charge in [-0.3, -0.25) is 0 Å². The molecule has 0 amide bonds. The molecule has 1 aliphatic carbocycles. The van der Waals surface area contributed by atoms with Gasteiger partial charge in [-0.25, -0.2) is 0 Å². The third kappa shape index (κ3) is 3.06. The van der Waals surface area contributed by atoms with Gasteiger partial charge in [0.2, 0.25) is 0 Å². The second-order valence-electron chi connectivity index (χ2n) is 4.95. The highest BCUT2D eigenvalue weighted by Gasteiger charge is 2.43. The van der Waals surface area contributed by atoms with Crippen molar-refractivity contribution in [2.75, 3.05) is 7.05 Å². The summed E-state index contributed by atoms with van der Waals surface area (Å²) in [6.45, 7) is 0. The van der Waals surface area contributed by atoms with Crippen LogP contribution in [-0.2, 0) is 0 Å². The SMILES string of the molecule is CNC(c1cccs1)C1CCCC(C(F)(F)F)C1. The van der Waals surface area contributed by atoms with Gasteiger partial charge < -0.3 is 5.32 Å². The van der Waals surface area contributed by atoms with Crippen LogP contribution in [0.4, 0.5) is 13.2 Å². The molecule has 1 nitrogen and oxygen atoms in total. The molecule has 1 saturated carbocycles. The van der Waals surface area contributed by atoms with Gasteiger partial charge in [-0.2, -0.15) is 13.2 Å². The van der Waals surface area contributed by atoms with E-state index >= 15 is 0 Å². The van der Waals surface area contributed by atoms with E-state index in [-0.39, 0.29) is 18.4 Å². The van der Waals surface area contributed by atoms with Crippen molar-refractivity contribution < 1.29 is 13.2 Å². The van der Waals surface area contributed by atoms with Crippen LogP contribution in [0.25, 0.3) is 0 Å². The van der Waals surface area contributed by atoms with Gasteiger partial charge in [-0.05, 0) is 43.7 Å². The number of hydrogen-bond acceptors (Lipinski definition) is 2. The molecule has 1 aromatic rings. The highest BCUT2D eigenvalue weighted by molar-refractivity contribution is 7.10. The Bertz CT molecular complexity index is 361. The third-order valence-electron chi connectivity index (χ3n) is 3.81. The highest BCUT2D eigenvalue weighted by Crippen LogP contribution is 2.44. The zero-order valence-electron chi connectivity index (χ0n) is 10.3. The molecular formula is C13H18F3NS. The van der Waals surface area contributed by atoms with Gasteiger partial charge in [0.05, 0.1) is 5.92 Å². The molecule has 5 heteroatoms. The fraction of sp³-hybridized carbons (Fsp3) is 0.692. The van der Waals surface area contributed by atoms with E-state index in [0.29, 0.717) is 12.8 Å². The summed E-state index contributed by atoms with van der Waals surface area (Å²) in [6, 6.07) is 4.02. The molecule has 0 aliphatic heterocycles. The first kappa shape index (κ1) is 13.9. The Hall–Kier alpha value is -0.550. The second kappa shape index (κ2) is 5.61. The number of thiophene rings is 1. The van der Waals surface area contributed by atoms with E-state index in [9.17, 15) is 13.2 Å². The summed E-state index contributed by atoms with van der Waals surface area (Å²) in [7, 11) is 1.83. The standard InChI is InChI=1S/C13H18F3NS/c1-17-12(11-6-3-7-18-11)9-4-2-5-10(8-9)13(14,15)16/h3,6-7,9-10,12,17H,2,4-5,8H2,1H3. The van der Waals surface area contributed by atoms with Crippen LogP contribution in [-0.4, -0.2) is 13.2 Å². The maximum absolute atomic E-state index is 12.8. The number of nitrogens with one attached hydrogen (secondary N) is 1. The fourth-order valence-corrected chi connectivity index (χ4v) is 3.83. The fourth-order valence-electron chi connectivity index (χ4n) is 2.91. The third-order valence-corrected chi connectivity index (χ3v) is 4.77.